The van der Waals surface area contributed by atoms with Gasteiger partial charge in [-0.1, -0.05) is 29.0 Å². The Kier molecular flexibility index (Phi) is 7.56. The topological polar surface area (TPSA) is 86.3 Å². The van der Waals surface area contributed by atoms with Crippen molar-refractivity contribution in [3.8, 4) is 0 Å². The first-order valence-corrected chi connectivity index (χ1v) is 11.2. The number of thiazole rings is 1. The second kappa shape index (κ2) is 9.18. The molecule has 0 saturated heterocycles. The van der Waals surface area contributed by atoms with Crippen LogP contribution < -0.4 is 10.0 Å². The van der Waals surface area contributed by atoms with E-state index in [2.05, 4.69) is 15.0 Å². The Morgan fingerprint density at radius 2 is 1.97 bits per heavy atom. The fourth-order valence-electron chi connectivity index (χ4n) is 2.16. The molecule has 0 saturated carbocycles. The van der Waals surface area contributed by atoms with Gasteiger partial charge in [0.05, 0.1) is 4.88 Å². The van der Waals surface area contributed by atoms with E-state index in [0.29, 0.717) is 15.6 Å². The van der Waals surface area contributed by atoms with Crippen LogP contribution in [0, 0.1) is 5.82 Å². The number of hydrogen-bond acceptors (Lipinski definition) is 6. The van der Waals surface area contributed by atoms with Crippen molar-refractivity contribution in [2.24, 2.45) is 0 Å². The van der Waals surface area contributed by atoms with Crippen LogP contribution in [0.25, 0.3) is 0 Å². The van der Waals surface area contributed by atoms with Gasteiger partial charge in [-0.25, -0.2) is 14.2 Å². The normalized spacial score (nSPS) is 14.4. The first kappa shape index (κ1) is 23.9. The highest BCUT2D eigenvalue weighted by atomic mass is 35.5. The average Bonchev–Trinajstić information content (AvgIpc) is 2.98. The van der Waals surface area contributed by atoms with Gasteiger partial charge in [0.25, 0.3) is 0 Å². The van der Waals surface area contributed by atoms with Gasteiger partial charge in [0.15, 0.2) is 5.13 Å². The van der Waals surface area contributed by atoms with Gasteiger partial charge in [0, 0.05) is 22.6 Å². The molecule has 0 aliphatic rings. The summed E-state index contributed by atoms with van der Waals surface area (Å²) in [6.45, 7) is 10.8. The number of carbonyl (C=O) groups is 1. The van der Waals surface area contributed by atoms with Gasteiger partial charge in [-0.05, 0) is 59.2 Å². The van der Waals surface area contributed by atoms with E-state index in [9.17, 15) is 13.7 Å². The van der Waals surface area contributed by atoms with Gasteiger partial charge in [-0.15, -0.1) is 4.72 Å². The van der Waals surface area contributed by atoms with E-state index in [0.717, 1.165) is 0 Å². The Labute approximate surface area is 182 Å². The van der Waals surface area contributed by atoms with Crippen LogP contribution in [0.5, 0.6) is 0 Å². The zero-order valence-electron chi connectivity index (χ0n) is 17.1. The van der Waals surface area contributed by atoms with Crippen LogP contribution in [0.4, 0.5) is 14.3 Å². The lowest BCUT2D eigenvalue weighted by molar-refractivity contribution is 0.0636. The van der Waals surface area contributed by atoms with Crippen LogP contribution in [0.15, 0.2) is 24.4 Å². The Hall–Kier alpha value is -1.39. The highest BCUT2D eigenvalue weighted by molar-refractivity contribution is 7.90. The Morgan fingerprint density at radius 3 is 2.52 bits per heavy atom. The number of hydrogen-bond donors (Lipinski definition) is 2. The average molecular weight is 462 g/mol. The van der Waals surface area contributed by atoms with Crippen molar-refractivity contribution in [1.29, 1.82) is 0 Å². The van der Waals surface area contributed by atoms with E-state index in [1.54, 1.807) is 27.0 Å². The molecule has 6 nitrogen and oxygen atoms in total. The number of nitrogens with zero attached hydrogens (tertiary/aromatic N) is 1. The largest absolute Gasteiger partial charge is 0.598 e. The summed E-state index contributed by atoms with van der Waals surface area (Å²) >= 11 is 6.00. The molecule has 0 aliphatic heterocycles. The van der Waals surface area contributed by atoms with Gasteiger partial charge in [0.2, 0.25) is 0 Å². The molecular formula is C19H25ClFN3O3S2. The van der Waals surface area contributed by atoms with Gasteiger partial charge in [-0.3, -0.25) is 5.32 Å². The van der Waals surface area contributed by atoms with Gasteiger partial charge >= 0.3 is 6.09 Å². The highest BCUT2D eigenvalue weighted by Gasteiger charge is 2.32. The van der Waals surface area contributed by atoms with Crippen LogP contribution in [0.2, 0.25) is 5.02 Å². The highest BCUT2D eigenvalue weighted by Crippen LogP contribution is 2.35. The summed E-state index contributed by atoms with van der Waals surface area (Å²) in [5.41, 5.74) is -0.0855. The smallest absolute Gasteiger partial charge is 0.413 e. The zero-order chi connectivity index (χ0) is 22.0. The molecule has 2 N–H and O–H groups in total. The van der Waals surface area contributed by atoms with Crippen molar-refractivity contribution in [1.82, 2.24) is 9.71 Å². The third-order valence-electron chi connectivity index (χ3n) is 3.47. The molecule has 0 spiro atoms. The molecule has 1 heterocycles. The number of amides is 1. The number of anilines is 1. The molecular weight excluding hydrogens is 437 g/mol. The second-order valence-electron chi connectivity index (χ2n) is 8.29. The molecule has 29 heavy (non-hydrogen) atoms. The molecule has 1 amide bonds. The standard InChI is InChI=1S/C19H25ClFN3O3S2/c1-18(2,3)27-17(25)23-16-22-10-14(28-16)15(24-29(26)19(4,5)6)12-8-7-11(21)9-13(12)20/h7-10,15,24H,1-6H3,(H,22,23,25)/t15-,29?/m0/s1. The summed E-state index contributed by atoms with van der Waals surface area (Å²) in [4.78, 5) is 16.8. The summed E-state index contributed by atoms with van der Waals surface area (Å²) < 4.78 is 34.0. The number of benzene rings is 1. The van der Waals surface area contributed by atoms with E-state index >= 15 is 0 Å². The van der Waals surface area contributed by atoms with Crippen LogP contribution in [0.1, 0.15) is 58.0 Å². The van der Waals surface area contributed by atoms with Crippen molar-refractivity contribution in [3.05, 3.63) is 45.7 Å². The lowest BCUT2D eigenvalue weighted by Crippen LogP contribution is -2.41. The molecule has 160 valence electrons. The van der Waals surface area contributed by atoms with Gasteiger partial charge in [0.1, 0.15) is 22.2 Å². The second-order valence-corrected chi connectivity index (χ2v) is 11.8. The molecule has 1 aromatic heterocycles. The minimum atomic E-state index is -1.43. The predicted octanol–water partition coefficient (Wildman–Crippen LogP) is 5.42. The first-order chi connectivity index (χ1) is 13.3. The van der Waals surface area contributed by atoms with E-state index < -0.39 is 39.7 Å². The van der Waals surface area contributed by atoms with E-state index in [4.69, 9.17) is 16.3 Å². The Morgan fingerprint density at radius 1 is 1.31 bits per heavy atom. The van der Waals surface area contributed by atoms with Crippen LogP contribution in [0.3, 0.4) is 0 Å². The van der Waals surface area contributed by atoms with Crippen molar-refractivity contribution < 1.29 is 18.5 Å². The van der Waals surface area contributed by atoms with Crippen LogP contribution in [-0.4, -0.2) is 26.0 Å². The summed E-state index contributed by atoms with van der Waals surface area (Å²) in [7, 11) is 0. The number of nitrogens with one attached hydrogen (secondary N) is 2. The summed E-state index contributed by atoms with van der Waals surface area (Å²) in [5, 5.41) is 3.10. The van der Waals surface area contributed by atoms with Crippen molar-refractivity contribution in [2.75, 3.05) is 5.32 Å². The van der Waals surface area contributed by atoms with Gasteiger partial charge in [-0.2, -0.15) is 0 Å². The minimum absolute atomic E-state index is 0.198. The molecule has 0 fully saturated rings. The maximum absolute atomic E-state index is 13.5. The third kappa shape index (κ3) is 7.11. The monoisotopic (exact) mass is 461 g/mol. The number of ether oxygens (including phenoxy) is 1. The Balaban J connectivity index is 2.32. The fraction of sp³-hybridized carbons (Fsp3) is 0.474. The molecule has 2 rings (SSSR count). The van der Waals surface area contributed by atoms with Crippen molar-refractivity contribution >= 4 is 45.5 Å². The lowest BCUT2D eigenvalue weighted by atomic mass is 10.1. The summed E-state index contributed by atoms with van der Waals surface area (Å²) in [6.07, 6.45) is 0.926. The quantitative estimate of drug-likeness (QED) is 0.580. The minimum Gasteiger partial charge on any atom is -0.598 e. The SMILES string of the molecule is CC(C)(C)OC(=O)Nc1ncc([C@@H](N[S+]([O-])C(C)(C)C)c2ccc(F)cc2Cl)s1. The maximum atomic E-state index is 13.5. The molecule has 2 atom stereocenters. The maximum Gasteiger partial charge on any atom is 0.413 e. The predicted molar refractivity (Wildman–Crippen MR) is 116 cm³/mol. The lowest BCUT2D eigenvalue weighted by Gasteiger charge is -2.28. The van der Waals surface area contributed by atoms with E-state index in [-0.39, 0.29) is 5.02 Å². The number of carbonyl (C=O) groups excluding carboxylic acids is 1. The first-order valence-electron chi connectivity index (χ1n) is 8.85. The van der Waals surface area contributed by atoms with Crippen molar-refractivity contribution in [2.45, 2.75) is 57.9 Å². The van der Waals surface area contributed by atoms with E-state index in [1.807, 2.05) is 20.8 Å². The molecule has 10 heteroatoms. The molecule has 0 bridgehead atoms. The van der Waals surface area contributed by atoms with E-state index in [1.165, 1.54) is 29.5 Å². The van der Waals surface area contributed by atoms with Crippen LogP contribution >= 0.6 is 22.9 Å². The molecule has 1 unspecified atom stereocenters. The number of halogens is 2. The third-order valence-corrected chi connectivity index (χ3v) is 6.34. The molecule has 2 aromatic rings. The fourth-order valence-corrected chi connectivity index (χ4v) is 4.21. The van der Waals surface area contributed by atoms with Gasteiger partial charge < -0.3 is 9.29 Å². The number of aromatic nitrogens is 1. The number of rotatable bonds is 5. The zero-order valence-corrected chi connectivity index (χ0v) is 19.5. The van der Waals surface area contributed by atoms with Crippen molar-refractivity contribution in [3.63, 3.8) is 0 Å². The van der Waals surface area contributed by atoms with Crippen LogP contribution in [-0.2, 0) is 16.1 Å². The summed E-state index contributed by atoms with van der Waals surface area (Å²) in [6, 6.07) is 3.42. The molecule has 0 radical (unpaired) electrons. The Bertz CT molecular complexity index is 865. The molecule has 0 aliphatic carbocycles. The molecule has 1 aromatic carbocycles. The summed E-state index contributed by atoms with van der Waals surface area (Å²) in [5.74, 6) is -0.467.